The Morgan fingerprint density at radius 2 is 1.95 bits per heavy atom. The van der Waals surface area contributed by atoms with Gasteiger partial charge in [0.2, 0.25) is 0 Å². The smallest absolute Gasteiger partial charge is 0.327 e. The zero-order valence-electron chi connectivity index (χ0n) is 10.9. The second-order valence-electron chi connectivity index (χ2n) is 4.96. The molecule has 0 atom stereocenters. The molecule has 0 radical (unpaired) electrons. The topological polar surface area (TPSA) is 56.7 Å². The van der Waals surface area contributed by atoms with E-state index in [1.807, 2.05) is 6.92 Å². The minimum Gasteiger partial charge on any atom is -0.327 e. The van der Waals surface area contributed by atoms with Crippen molar-refractivity contribution < 1.29 is 13.2 Å². The number of alkyl halides is 3. The van der Waals surface area contributed by atoms with Gasteiger partial charge in [0.15, 0.2) is 0 Å². The maximum atomic E-state index is 12.7. The van der Waals surface area contributed by atoms with Crippen LogP contribution >= 0.6 is 0 Å². The van der Waals surface area contributed by atoms with Crippen molar-refractivity contribution in [3.8, 4) is 0 Å². The number of halogens is 3. The fraction of sp³-hybridized carbons (Fsp3) is 0.500. The molecule has 0 saturated carbocycles. The highest BCUT2D eigenvalue weighted by Gasteiger charge is 2.33. The van der Waals surface area contributed by atoms with Gasteiger partial charge in [-0.05, 0) is 26.8 Å². The van der Waals surface area contributed by atoms with Gasteiger partial charge in [-0.15, -0.1) is 0 Å². The number of nitrogens with two attached hydrogens (primary N) is 1. The number of aryl methyl sites for hydroxylation is 1. The van der Waals surface area contributed by atoms with Gasteiger partial charge in [0.1, 0.15) is 17.0 Å². The molecule has 2 aromatic rings. The lowest BCUT2D eigenvalue weighted by Gasteiger charge is -2.19. The van der Waals surface area contributed by atoms with Crippen LogP contribution in [-0.4, -0.2) is 14.5 Å². The van der Waals surface area contributed by atoms with Crippen LogP contribution in [0.3, 0.4) is 0 Å². The van der Waals surface area contributed by atoms with Crippen molar-refractivity contribution in [1.82, 2.24) is 14.5 Å². The van der Waals surface area contributed by atoms with Gasteiger partial charge < -0.3 is 10.3 Å². The number of nitrogens with zero attached hydrogens (tertiary/aromatic N) is 3. The van der Waals surface area contributed by atoms with Crippen LogP contribution in [0.25, 0.3) is 11.0 Å². The minimum absolute atomic E-state index is 0.401. The first-order chi connectivity index (χ1) is 8.64. The Bertz CT molecular complexity index is 608. The standard InChI is InChI=1S/C12H15F3N4/c1-4-19-8-5-9(12(13,14)15)17-6-7(8)18-10(19)11(2,3)16/h5-6H,4,16H2,1-3H3. The molecule has 2 N–H and O–H groups in total. The summed E-state index contributed by atoms with van der Waals surface area (Å²) in [4.78, 5) is 7.69. The molecule has 2 heterocycles. The molecule has 0 aromatic carbocycles. The van der Waals surface area contributed by atoms with Crippen LogP contribution in [0.4, 0.5) is 13.2 Å². The van der Waals surface area contributed by atoms with Crippen molar-refractivity contribution in [3.63, 3.8) is 0 Å². The van der Waals surface area contributed by atoms with Gasteiger partial charge in [-0.1, -0.05) is 0 Å². The highest BCUT2D eigenvalue weighted by Crippen LogP contribution is 2.30. The summed E-state index contributed by atoms with van der Waals surface area (Å²) in [5.74, 6) is 0.547. The highest BCUT2D eigenvalue weighted by atomic mass is 19.4. The van der Waals surface area contributed by atoms with Gasteiger partial charge in [0.25, 0.3) is 0 Å². The van der Waals surface area contributed by atoms with Gasteiger partial charge in [0.05, 0.1) is 17.3 Å². The van der Waals surface area contributed by atoms with E-state index in [1.165, 1.54) is 0 Å². The van der Waals surface area contributed by atoms with Crippen LogP contribution in [0.2, 0.25) is 0 Å². The predicted molar refractivity (Wildman–Crippen MR) is 65.4 cm³/mol. The lowest BCUT2D eigenvalue weighted by molar-refractivity contribution is -0.141. The van der Waals surface area contributed by atoms with Gasteiger partial charge >= 0.3 is 6.18 Å². The molecule has 0 aliphatic heterocycles. The summed E-state index contributed by atoms with van der Waals surface area (Å²) < 4.78 is 39.7. The van der Waals surface area contributed by atoms with Crippen molar-refractivity contribution in [1.29, 1.82) is 0 Å². The fourth-order valence-corrected chi connectivity index (χ4v) is 2.00. The van der Waals surface area contributed by atoms with Crippen LogP contribution < -0.4 is 5.73 Å². The second-order valence-corrected chi connectivity index (χ2v) is 4.96. The van der Waals surface area contributed by atoms with Crippen molar-refractivity contribution in [2.45, 2.75) is 39.0 Å². The predicted octanol–water partition coefficient (Wildman–Crippen LogP) is 2.66. The third-order valence-corrected chi connectivity index (χ3v) is 2.82. The summed E-state index contributed by atoms with van der Waals surface area (Å²) in [5, 5.41) is 0. The summed E-state index contributed by atoms with van der Waals surface area (Å²) >= 11 is 0. The van der Waals surface area contributed by atoms with Crippen LogP contribution in [0.15, 0.2) is 12.3 Å². The Balaban J connectivity index is 2.72. The van der Waals surface area contributed by atoms with Crippen molar-refractivity contribution >= 4 is 11.0 Å². The van der Waals surface area contributed by atoms with Crippen LogP contribution in [0.5, 0.6) is 0 Å². The first-order valence-electron chi connectivity index (χ1n) is 5.87. The number of fused-ring (bicyclic) bond motifs is 1. The molecule has 2 aromatic heterocycles. The molecule has 0 unspecified atom stereocenters. The Morgan fingerprint density at radius 1 is 1.32 bits per heavy atom. The molecular formula is C12H15F3N4. The summed E-state index contributed by atoms with van der Waals surface area (Å²) in [6.45, 7) is 5.86. The molecule has 104 valence electrons. The first-order valence-corrected chi connectivity index (χ1v) is 5.87. The zero-order chi connectivity index (χ0) is 14.4. The maximum absolute atomic E-state index is 12.7. The second kappa shape index (κ2) is 4.19. The Hall–Kier alpha value is -1.63. The largest absolute Gasteiger partial charge is 0.433 e. The number of hydrogen-bond acceptors (Lipinski definition) is 3. The summed E-state index contributed by atoms with van der Waals surface area (Å²) in [5.41, 5.74) is 5.17. The highest BCUT2D eigenvalue weighted by molar-refractivity contribution is 5.76. The van der Waals surface area contributed by atoms with Crippen LogP contribution in [-0.2, 0) is 18.3 Å². The van der Waals surface area contributed by atoms with Gasteiger partial charge in [-0.25, -0.2) is 9.97 Å². The van der Waals surface area contributed by atoms with Gasteiger partial charge in [0, 0.05) is 6.54 Å². The Morgan fingerprint density at radius 3 is 2.42 bits per heavy atom. The quantitative estimate of drug-likeness (QED) is 0.914. The summed E-state index contributed by atoms with van der Waals surface area (Å²) in [6.07, 6.45) is -3.32. The third kappa shape index (κ3) is 2.42. The lowest BCUT2D eigenvalue weighted by atomic mass is 10.1. The average molecular weight is 272 g/mol. The monoisotopic (exact) mass is 272 g/mol. The first kappa shape index (κ1) is 13.8. The molecule has 0 saturated heterocycles. The molecule has 2 rings (SSSR count). The summed E-state index contributed by atoms with van der Waals surface area (Å²) in [7, 11) is 0. The van der Waals surface area contributed by atoms with Crippen molar-refractivity contribution in [3.05, 3.63) is 23.8 Å². The molecule has 0 aliphatic rings. The normalized spacial score (nSPS) is 13.2. The molecule has 7 heteroatoms. The van der Waals surface area contributed by atoms with E-state index in [0.717, 1.165) is 12.3 Å². The molecule has 19 heavy (non-hydrogen) atoms. The molecule has 0 spiro atoms. The van der Waals surface area contributed by atoms with E-state index in [2.05, 4.69) is 9.97 Å². The van der Waals surface area contributed by atoms with Gasteiger partial charge in [-0.3, -0.25) is 0 Å². The van der Waals surface area contributed by atoms with Crippen molar-refractivity contribution in [2.24, 2.45) is 5.73 Å². The Kier molecular flexibility index (Phi) is 3.04. The molecule has 0 bridgehead atoms. The number of pyridine rings is 1. The maximum Gasteiger partial charge on any atom is 0.433 e. The number of hydrogen-bond donors (Lipinski definition) is 1. The number of rotatable bonds is 2. The minimum atomic E-state index is -4.46. The molecular weight excluding hydrogens is 257 g/mol. The summed E-state index contributed by atoms with van der Waals surface area (Å²) in [6, 6.07) is 1.01. The van der Waals surface area contributed by atoms with E-state index in [-0.39, 0.29) is 0 Å². The van der Waals surface area contributed by atoms with E-state index < -0.39 is 17.4 Å². The van der Waals surface area contributed by atoms with Crippen LogP contribution in [0, 0.1) is 0 Å². The number of imidazole rings is 1. The van der Waals surface area contributed by atoms with E-state index in [0.29, 0.717) is 23.4 Å². The van der Waals surface area contributed by atoms with E-state index in [4.69, 9.17) is 5.73 Å². The zero-order valence-corrected chi connectivity index (χ0v) is 10.9. The fourth-order valence-electron chi connectivity index (χ4n) is 2.00. The van der Waals surface area contributed by atoms with Crippen molar-refractivity contribution in [2.75, 3.05) is 0 Å². The lowest BCUT2D eigenvalue weighted by Crippen LogP contribution is -2.32. The molecule has 0 aliphatic carbocycles. The van der Waals surface area contributed by atoms with E-state index in [1.54, 1.807) is 18.4 Å². The number of aromatic nitrogens is 3. The van der Waals surface area contributed by atoms with Gasteiger partial charge in [-0.2, -0.15) is 13.2 Å². The molecule has 0 amide bonds. The van der Waals surface area contributed by atoms with E-state index in [9.17, 15) is 13.2 Å². The third-order valence-electron chi connectivity index (χ3n) is 2.82. The Labute approximate surface area is 108 Å². The molecule has 0 fully saturated rings. The molecule has 4 nitrogen and oxygen atoms in total. The van der Waals surface area contributed by atoms with Crippen LogP contribution in [0.1, 0.15) is 32.3 Å². The SMILES string of the molecule is CCn1c(C(C)(C)N)nc2cnc(C(F)(F)F)cc21. The van der Waals surface area contributed by atoms with E-state index >= 15 is 0 Å². The average Bonchev–Trinajstić information content (AvgIpc) is 2.64.